The lowest BCUT2D eigenvalue weighted by atomic mass is 10.3. The molecular weight excluding hydrogens is 222 g/mol. The topological polar surface area (TPSA) is 28.2 Å². The highest BCUT2D eigenvalue weighted by Crippen LogP contribution is 2.20. The first-order valence-electron chi connectivity index (χ1n) is 5.84. The lowest BCUT2D eigenvalue weighted by Crippen LogP contribution is -2.33. The van der Waals surface area contributed by atoms with Gasteiger partial charge in [-0.05, 0) is 38.9 Å². The highest BCUT2D eigenvalue weighted by molar-refractivity contribution is 6.33. The maximum absolute atomic E-state index is 6.05. The average molecular weight is 240 g/mol. The van der Waals surface area contributed by atoms with E-state index in [0.29, 0.717) is 11.1 Å². The van der Waals surface area contributed by atoms with Crippen molar-refractivity contribution in [3.63, 3.8) is 0 Å². The van der Waals surface area contributed by atoms with Crippen molar-refractivity contribution in [2.24, 2.45) is 0 Å². The quantitative estimate of drug-likeness (QED) is 0.876. The van der Waals surface area contributed by atoms with Gasteiger partial charge in [0.25, 0.3) is 0 Å². The molecule has 0 aromatic carbocycles. The smallest absolute Gasteiger partial charge is 0.0820 e. The Morgan fingerprint density at radius 2 is 2.25 bits per heavy atom. The number of pyridine rings is 1. The molecule has 88 valence electrons. The van der Waals surface area contributed by atoms with Gasteiger partial charge in [0.1, 0.15) is 0 Å². The minimum Gasteiger partial charge on any atom is -0.380 e. The number of nitrogens with zero attached hydrogens (tertiary/aromatic N) is 2. The summed E-state index contributed by atoms with van der Waals surface area (Å²) < 4.78 is 0. The Morgan fingerprint density at radius 3 is 2.94 bits per heavy atom. The first-order chi connectivity index (χ1) is 7.75. The molecule has 2 heterocycles. The van der Waals surface area contributed by atoms with Gasteiger partial charge in [0.2, 0.25) is 0 Å². The molecule has 0 amide bonds. The molecule has 0 aliphatic carbocycles. The van der Waals surface area contributed by atoms with Crippen LogP contribution >= 0.6 is 11.6 Å². The van der Waals surface area contributed by atoms with Gasteiger partial charge in [-0.3, -0.25) is 4.98 Å². The Kier molecular flexibility index (Phi) is 4.02. The molecular formula is C12H18ClN3. The van der Waals surface area contributed by atoms with Crippen LogP contribution in [0, 0.1) is 0 Å². The highest BCUT2D eigenvalue weighted by atomic mass is 35.5. The first kappa shape index (κ1) is 11.7. The summed E-state index contributed by atoms with van der Waals surface area (Å²) in [6.45, 7) is 5.74. The Balaban J connectivity index is 1.86. The fourth-order valence-electron chi connectivity index (χ4n) is 2.16. The molecule has 16 heavy (non-hydrogen) atoms. The van der Waals surface area contributed by atoms with Gasteiger partial charge in [0, 0.05) is 25.0 Å². The van der Waals surface area contributed by atoms with E-state index in [0.717, 1.165) is 12.2 Å². The molecule has 2 rings (SSSR count). The van der Waals surface area contributed by atoms with Crippen LogP contribution in [0.5, 0.6) is 0 Å². The summed E-state index contributed by atoms with van der Waals surface area (Å²) in [4.78, 5) is 6.47. The minimum atomic E-state index is 0.415. The number of hydrogen-bond acceptors (Lipinski definition) is 3. The van der Waals surface area contributed by atoms with E-state index in [2.05, 4.69) is 22.1 Å². The molecule has 1 saturated heterocycles. The molecule has 0 saturated carbocycles. The van der Waals surface area contributed by atoms with Crippen LogP contribution in [0.2, 0.25) is 5.02 Å². The Hall–Kier alpha value is -0.800. The molecule has 1 aromatic rings. The van der Waals surface area contributed by atoms with E-state index in [1.54, 1.807) is 12.4 Å². The molecule has 1 N–H and O–H groups in total. The zero-order valence-corrected chi connectivity index (χ0v) is 10.4. The fraction of sp³-hybridized carbons (Fsp3) is 0.583. The van der Waals surface area contributed by atoms with Gasteiger partial charge in [-0.2, -0.15) is 0 Å². The number of hydrogen-bond donors (Lipinski definition) is 1. The summed E-state index contributed by atoms with van der Waals surface area (Å²) in [5.74, 6) is 0. The molecule has 1 unspecified atom stereocenters. The van der Waals surface area contributed by atoms with E-state index in [9.17, 15) is 0 Å². The fourth-order valence-corrected chi connectivity index (χ4v) is 2.33. The number of likely N-dealkylation sites (tertiary alicyclic amines) is 1. The predicted octanol–water partition coefficient (Wildman–Crippen LogP) is 2.63. The van der Waals surface area contributed by atoms with E-state index in [1.807, 2.05) is 6.07 Å². The molecule has 0 bridgehead atoms. The van der Waals surface area contributed by atoms with Gasteiger partial charge in [-0.25, -0.2) is 0 Å². The number of rotatable bonds is 4. The number of aromatic nitrogens is 1. The van der Waals surface area contributed by atoms with Gasteiger partial charge in [0.15, 0.2) is 0 Å². The van der Waals surface area contributed by atoms with Crippen LogP contribution in [0.25, 0.3) is 0 Å². The van der Waals surface area contributed by atoms with E-state index < -0.39 is 0 Å². The van der Waals surface area contributed by atoms with Crippen LogP contribution in [-0.2, 0) is 0 Å². The van der Waals surface area contributed by atoms with Crippen molar-refractivity contribution < 1.29 is 0 Å². The summed E-state index contributed by atoms with van der Waals surface area (Å²) in [7, 11) is 0. The van der Waals surface area contributed by atoms with E-state index in [-0.39, 0.29) is 0 Å². The van der Waals surface area contributed by atoms with Crippen molar-refractivity contribution in [1.82, 2.24) is 9.88 Å². The van der Waals surface area contributed by atoms with Crippen LogP contribution in [0.4, 0.5) is 5.69 Å². The van der Waals surface area contributed by atoms with Gasteiger partial charge >= 0.3 is 0 Å². The second-order valence-corrected chi connectivity index (χ2v) is 4.82. The van der Waals surface area contributed by atoms with Crippen molar-refractivity contribution in [3.8, 4) is 0 Å². The summed E-state index contributed by atoms with van der Waals surface area (Å²) in [5.41, 5.74) is 0.975. The highest BCUT2D eigenvalue weighted by Gasteiger charge is 2.14. The molecule has 1 fully saturated rings. The summed E-state index contributed by atoms with van der Waals surface area (Å²) in [6.07, 6.45) is 6.11. The Bertz CT molecular complexity index is 337. The van der Waals surface area contributed by atoms with E-state index >= 15 is 0 Å². The summed E-state index contributed by atoms with van der Waals surface area (Å²) >= 11 is 6.05. The van der Waals surface area contributed by atoms with Gasteiger partial charge in [-0.15, -0.1) is 0 Å². The third-order valence-corrected chi connectivity index (χ3v) is 3.21. The summed E-state index contributed by atoms with van der Waals surface area (Å²) in [5, 5.41) is 4.11. The monoisotopic (exact) mass is 239 g/mol. The standard InChI is InChI=1S/C12H18ClN3/c1-10(9-16-6-2-3-7-16)15-12-4-5-14-8-11(12)13/h4-5,8,10H,2-3,6-7,9H2,1H3,(H,14,15). The van der Waals surface area contributed by atoms with Crippen molar-refractivity contribution in [1.29, 1.82) is 0 Å². The second kappa shape index (κ2) is 5.51. The summed E-state index contributed by atoms with van der Waals surface area (Å²) in [6, 6.07) is 2.33. The SMILES string of the molecule is CC(CN1CCCC1)Nc1ccncc1Cl. The van der Waals surface area contributed by atoms with Crippen LogP contribution in [0.1, 0.15) is 19.8 Å². The lowest BCUT2D eigenvalue weighted by Gasteiger charge is -2.22. The number of nitrogens with one attached hydrogen (secondary N) is 1. The van der Waals surface area contributed by atoms with Gasteiger partial charge < -0.3 is 10.2 Å². The van der Waals surface area contributed by atoms with Crippen molar-refractivity contribution in [3.05, 3.63) is 23.5 Å². The maximum Gasteiger partial charge on any atom is 0.0820 e. The van der Waals surface area contributed by atoms with E-state index in [4.69, 9.17) is 11.6 Å². The van der Waals surface area contributed by atoms with Crippen molar-refractivity contribution in [2.45, 2.75) is 25.8 Å². The van der Waals surface area contributed by atoms with Crippen LogP contribution in [-0.4, -0.2) is 35.6 Å². The molecule has 1 aliphatic heterocycles. The number of anilines is 1. The molecule has 4 heteroatoms. The largest absolute Gasteiger partial charge is 0.380 e. The molecule has 1 aromatic heterocycles. The third-order valence-electron chi connectivity index (χ3n) is 2.91. The van der Waals surface area contributed by atoms with Gasteiger partial charge in [0.05, 0.1) is 10.7 Å². The van der Waals surface area contributed by atoms with Crippen molar-refractivity contribution in [2.75, 3.05) is 25.0 Å². The molecule has 1 aliphatic rings. The predicted molar refractivity (Wildman–Crippen MR) is 68.0 cm³/mol. The zero-order chi connectivity index (χ0) is 11.4. The van der Waals surface area contributed by atoms with E-state index in [1.165, 1.54) is 25.9 Å². The molecule has 0 spiro atoms. The molecule has 0 radical (unpaired) electrons. The van der Waals surface area contributed by atoms with Crippen LogP contribution in [0.3, 0.4) is 0 Å². The average Bonchev–Trinajstić information content (AvgIpc) is 2.74. The Morgan fingerprint density at radius 1 is 1.50 bits per heavy atom. The lowest BCUT2D eigenvalue weighted by molar-refractivity contribution is 0.328. The zero-order valence-electron chi connectivity index (χ0n) is 9.62. The first-order valence-corrected chi connectivity index (χ1v) is 6.22. The van der Waals surface area contributed by atoms with Crippen LogP contribution < -0.4 is 5.32 Å². The maximum atomic E-state index is 6.05. The molecule has 3 nitrogen and oxygen atoms in total. The normalized spacial score (nSPS) is 18.6. The van der Waals surface area contributed by atoms with Gasteiger partial charge in [-0.1, -0.05) is 11.6 Å². The van der Waals surface area contributed by atoms with Crippen molar-refractivity contribution >= 4 is 17.3 Å². The second-order valence-electron chi connectivity index (χ2n) is 4.41. The molecule has 1 atom stereocenters. The third kappa shape index (κ3) is 3.09. The number of halogens is 1. The minimum absolute atomic E-state index is 0.415. The Labute approximate surface area is 102 Å². The van der Waals surface area contributed by atoms with Crippen LogP contribution in [0.15, 0.2) is 18.5 Å².